The van der Waals surface area contributed by atoms with Crippen molar-refractivity contribution in [3.8, 4) is 0 Å². The number of benzene rings is 1. The Balaban J connectivity index is 2.19. The lowest BCUT2D eigenvalue weighted by molar-refractivity contribution is -0.147. The van der Waals surface area contributed by atoms with Gasteiger partial charge in [-0.15, -0.1) is 0 Å². The molecule has 0 radical (unpaired) electrons. The second-order valence-corrected chi connectivity index (χ2v) is 4.41. The van der Waals surface area contributed by atoms with Crippen LogP contribution >= 0.6 is 0 Å². The zero-order chi connectivity index (χ0) is 13.8. The number of carbonyl (C=O) groups is 3. The summed E-state index contributed by atoms with van der Waals surface area (Å²) in [6, 6.07) is 8.64. The summed E-state index contributed by atoms with van der Waals surface area (Å²) in [5.41, 5.74) is 6.05. The number of rotatable bonds is 4. The highest BCUT2D eigenvalue weighted by Crippen LogP contribution is 2.12. The Morgan fingerprint density at radius 1 is 1.32 bits per heavy atom. The summed E-state index contributed by atoms with van der Waals surface area (Å²) in [5.74, 6) is -1.18. The molecule has 1 atom stereocenters. The van der Waals surface area contributed by atoms with Crippen LogP contribution in [-0.4, -0.2) is 41.8 Å². The molecule has 0 aliphatic carbocycles. The van der Waals surface area contributed by atoms with Gasteiger partial charge in [-0.05, 0) is 5.56 Å². The van der Waals surface area contributed by atoms with Gasteiger partial charge in [0, 0.05) is 6.42 Å². The standard InChI is InChI=1S/C13H15N3O3/c14-11(17)8-16-10(13(19)15-7-12(16)18)6-9-4-2-1-3-5-9/h1-5,10H,6-8H2,(H2,14,17)(H,15,19). The molecule has 2 rings (SSSR count). The first-order valence-corrected chi connectivity index (χ1v) is 5.97. The largest absolute Gasteiger partial charge is 0.368 e. The average molecular weight is 261 g/mol. The Bertz CT molecular complexity index is 501. The molecule has 6 nitrogen and oxygen atoms in total. The highest BCUT2D eigenvalue weighted by molar-refractivity contribution is 5.96. The molecule has 1 heterocycles. The number of hydrogen-bond donors (Lipinski definition) is 2. The van der Waals surface area contributed by atoms with Crippen LogP contribution < -0.4 is 11.1 Å². The van der Waals surface area contributed by atoms with Gasteiger partial charge in [-0.1, -0.05) is 30.3 Å². The van der Waals surface area contributed by atoms with Crippen molar-refractivity contribution in [1.29, 1.82) is 0 Å². The van der Waals surface area contributed by atoms with Gasteiger partial charge in [0.2, 0.25) is 17.7 Å². The Kier molecular flexibility index (Phi) is 3.79. The van der Waals surface area contributed by atoms with Gasteiger partial charge in [0.05, 0.1) is 6.54 Å². The molecular weight excluding hydrogens is 246 g/mol. The molecule has 1 aromatic carbocycles. The number of nitrogens with two attached hydrogens (primary N) is 1. The summed E-state index contributed by atoms with van der Waals surface area (Å²) in [6.07, 6.45) is 0.367. The molecule has 0 bridgehead atoms. The van der Waals surface area contributed by atoms with E-state index >= 15 is 0 Å². The molecule has 1 aliphatic rings. The van der Waals surface area contributed by atoms with Crippen molar-refractivity contribution in [3.05, 3.63) is 35.9 Å². The molecule has 19 heavy (non-hydrogen) atoms. The fraction of sp³-hybridized carbons (Fsp3) is 0.308. The first-order chi connectivity index (χ1) is 9.08. The van der Waals surface area contributed by atoms with E-state index in [1.54, 1.807) is 0 Å². The number of hydrogen-bond acceptors (Lipinski definition) is 3. The highest BCUT2D eigenvalue weighted by Gasteiger charge is 2.35. The topological polar surface area (TPSA) is 92.5 Å². The van der Waals surface area contributed by atoms with Gasteiger partial charge in [0.25, 0.3) is 0 Å². The molecule has 0 spiro atoms. The molecule has 3 N–H and O–H groups in total. The molecule has 1 fully saturated rings. The molecule has 6 heteroatoms. The van der Waals surface area contributed by atoms with E-state index in [-0.39, 0.29) is 24.9 Å². The fourth-order valence-electron chi connectivity index (χ4n) is 2.10. The highest BCUT2D eigenvalue weighted by atomic mass is 16.2. The van der Waals surface area contributed by atoms with Crippen LogP contribution in [0.1, 0.15) is 5.56 Å². The Labute approximate surface area is 110 Å². The smallest absolute Gasteiger partial charge is 0.243 e. The van der Waals surface area contributed by atoms with Gasteiger partial charge in [-0.3, -0.25) is 14.4 Å². The maximum absolute atomic E-state index is 11.9. The van der Waals surface area contributed by atoms with Gasteiger partial charge in [-0.25, -0.2) is 0 Å². The molecule has 1 unspecified atom stereocenters. The summed E-state index contributed by atoms with van der Waals surface area (Å²) in [5, 5.41) is 2.52. The van der Waals surface area contributed by atoms with E-state index in [0.29, 0.717) is 6.42 Å². The molecule has 0 saturated carbocycles. The molecular formula is C13H15N3O3. The maximum Gasteiger partial charge on any atom is 0.243 e. The normalized spacial score (nSPS) is 19.2. The van der Waals surface area contributed by atoms with Gasteiger partial charge in [-0.2, -0.15) is 0 Å². The van der Waals surface area contributed by atoms with Crippen LogP contribution in [0.3, 0.4) is 0 Å². The van der Waals surface area contributed by atoms with Crippen LogP contribution in [0.25, 0.3) is 0 Å². The summed E-state index contributed by atoms with van der Waals surface area (Å²) in [6.45, 7) is -0.318. The van der Waals surface area contributed by atoms with Crippen molar-refractivity contribution in [3.63, 3.8) is 0 Å². The molecule has 0 aromatic heterocycles. The Morgan fingerprint density at radius 2 is 2.00 bits per heavy atom. The van der Waals surface area contributed by atoms with Crippen LogP contribution in [0, 0.1) is 0 Å². The number of primary amides is 1. The van der Waals surface area contributed by atoms with Crippen molar-refractivity contribution < 1.29 is 14.4 Å². The fourth-order valence-corrected chi connectivity index (χ4v) is 2.10. The monoisotopic (exact) mass is 261 g/mol. The summed E-state index contributed by atoms with van der Waals surface area (Å²) in [7, 11) is 0. The third kappa shape index (κ3) is 3.09. The maximum atomic E-state index is 11.9. The quantitative estimate of drug-likeness (QED) is 0.731. The van der Waals surface area contributed by atoms with E-state index in [1.165, 1.54) is 4.90 Å². The van der Waals surface area contributed by atoms with Crippen molar-refractivity contribution in [2.75, 3.05) is 13.1 Å². The Hall–Kier alpha value is -2.37. The van der Waals surface area contributed by atoms with Crippen molar-refractivity contribution in [1.82, 2.24) is 10.2 Å². The average Bonchev–Trinajstić information content (AvgIpc) is 2.39. The van der Waals surface area contributed by atoms with Crippen molar-refractivity contribution in [2.24, 2.45) is 5.73 Å². The first-order valence-electron chi connectivity index (χ1n) is 5.97. The van der Waals surface area contributed by atoms with E-state index in [4.69, 9.17) is 5.73 Å². The van der Waals surface area contributed by atoms with E-state index in [1.807, 2.05) is 30.3 Å². The third-order valence-corrected chi connectivity index (χ3v) is 3.01. The second kappa shape index (κ2) is 5.51. The van der Waals surface area contributed by atoms with E-state index < -0.39 is 11.9 Å². The van der Waals surface area contributed by atoms with Crippen LogP contribution in [0.5, 0.6) is 0 Å². The number of amides is 3. The molecule has 100 valence electrons. The summed E-state index contributed by atoms with van der Waals surface area (Å²) >= 11 is 0. The first kappa shape index (κ1) is 13.1. The van der Waals surface area contributed by atoms with Crippen LogP contribution in [-0.2, 0) is 20.8 Å². The van der Waals surface area contributed by atoms with Crippen LogP contribution in [0.4, 0.5) is 0 Å². The number of nitrogens with zero attached hydrogens (tertiary/aromatic N) is 1. The number of carbonyl (C=O) groups excluding carboxylic acids is 3. The van der Waals surface area contributed by atoms with Crippen molar-refractivity contribution in [2.45, 2.75) is 12.5 Å². The minimum absolute atomic E-state index is 0.0859. The second-order valence-electron chi connectivity index (χ2n) is 4.41. The lowest BCUT2D eigenvalue weighted by Gasteiger charge is -2.34. The van der Waals surface area contributed by atoms with Crippen LogP contribution in [0.2, 0.25) is 0 Å². The molecule has 1 saturated heterocycles. The van der Waals surface area contributed by atoms with E-state index in [0.717, 1.165) is 5.56 Å². The molecule has 1 aliphatic heterocycles. The minimum atomic E-state index is -0.684. The molecule has 3 amide bonds. The minimum Gasteiger partial charge on any atom is -0.368 e. The predicted molar refractivity (Wildman–Crippen MR) is 67.9 cm³/mol. The van der Waals surface area contributed by atoms with Gasteiger partial charge < -0.3 is 16.0 Å². The van der Waals surface area contributed by atoms with Crippen LogP contribution in [0.15, 0.2) is 30.3 Å². The van der Waals surface area contributed by atoms with Gasteiger partial charge in [0.1, 0.15) is 12.6 Å². The summed E-state index contributed by atoms with van der Waals surface area (Å²) < 4.78 is 0. The lowest BCUT2D eigenvalue weighted by atomic mass is 10.0. The Morgan fingerprint density at radius 3 is 2.63 bits per heavy atom. The van der Waals surface area contributed by atoms with Crippen molar-refractivity contribution >= 4 is 17.7 Å². The lowest BCUT2D eigenvalue weighted by Crippen LogP contribution is -2.60. The van der Waals surface area contributed by atoms with Gasteiger partial charge in [0.15, 0.2) is 0 Å². The zero-order valence-electron chi connectivity index (χ0n) is 10.3. The summed E-state index contributed by atoms with van der Waals surface area (Å²) in [4.78, 5) is 35.9. The molecule has 1 aromatic rings. The zero-order valence-corrected chi connectivity index (χ0v) is 10.3. The third-order valence-electron chi connectivity index (χ3n) is 3.01. The van der Waals surface area contributed by atoms with E-state index in [9.17, 15) is 14.4 Å². The van der Waals surface area contributed by atoms with E-state index in [2.05, 4.69) is 5.32 Å². The number of nitrogens with one attached hydrogen (secondary N) is 1. The number of piperazine rings is 1. The van der Waals surface area contributed by atoms with Gasteiger partial charge >= 0.3 is 0 Å². The SMILES string of the molecule is NC(=O)CN1C(=O)CNC(=O)C1Cc1ccccc1. The predicted octanol–water partition coefficient (Wildman–Crippen LogP) is -0.959.